The van der Waals surface area contributed by atoms with Gasteiger partial charge in [-0.2, -0.15) is 0 Å². The van der Waals surface area contributed by atoms with Crippen LogP contribution in [0.25, 0.3) is 0 Å². The minimum absolute atomic E-state index is 0.303. The summed E-state index contributed by atoms with van der Waals surface area (Å²) >= 11 is 0. The highest BCUT2D eigenvalue weighted by atomic mass is 16.5. The molecule has 1 atom stereocenters. The van der Waals surface area contributed by atoms with Crippen LogP contribution in [0.15, 0.2) is 4.99 Å². The minimum atomic E-state index is 0.303. The number of hydrogen-bond donors (Lipinski definition) is 2. The molecule has 0 radical (unpaired) electrons. The Bertz CT molecular complexity index is 298. The fraction of sp³-hybridized carbons (Fsp3) is 0.941. The van der Waals surface area contributed by atoms with Crippen molar-refractivity contribution in [2.24, 2.45) is 10.9 Å². The fourth-order valence-corrected chi connectivity index (χ4v) is 2.33. The molecule has 0 aliphatic carbocycles. The summed E-state index contributed by atoms with van der Waals surface area (Å²) in [5.41, 5.74) is 0. The Balaban J connectivity index is 3.86. The van der Waals surface area contributed by atoms with Gasteiger partial charge in [0.1, 0.15) is 0 Å². The molecule has 6 heteroatoms. The van der Waals surface area contributed by atoms with Gasteiger partial charge in [-0.1, -0.05) is 13.8 Å². The van der Waals surface area contributed by atoms with Crippen LogP contribution in [0.1, 0.15) is 33.6 Å². The van der Waals surface area contributed by atoms with Crippen LogP contribution in [0.5, 0.6) is 0 Å². The zero-order valence-electron chi connectivity index (χ0n) is 16.0. The molecule has 0 heterocycles. The summed E-state index contributed by atoms with van der Waals surface area (Å²) in [5, 5.41) is 6.71. The van der Waals surface area contributed by atoms with Gasteiger partial charge in [-0.05, 0) is 32.7 Å². The highest BCUT2D eigenvalue weighted by Crippen LogP contribution is 2.09. The van der Waals surface area contributed by atoms with E-state index < -0.39 is 0 Å². The Morgan fingerprint density at radius 3 is 2.43 bits per heavy atom. The second-order valence-electron chi connectivity index (χ2n) is 6.10. The van der Waals surface area contributed by atoms with Gasteiger partial charge >= 0.3 is 0 Å². The molecule has 0 fully saturated rings. The van der Waals surface area contributed by atoms with E-state index in [-0.39, 0.29) is 0 Å². The molecule has 0 aromatic heterocycles. The molecular weight excluding hydrogens is 292 g/mol. The first-order valence-electron chi connectivity index (χ1n) is 8.78. The molecule has 2 N–H and O–H groups in total. The number of nitrogens with one attached hydrogen (secondary N) is 2. The van der Waals surface area contributed by atoms with Gasteiger partial charge in [-0.3, -0.25) is 4.99 Å². The fourth-order valence-electron chi connectivity index (χ4n) is 2.33. The molecule has 138 valence electrons. The van der Waals surface area contributed by atoms with Crippen molar-refractivity contribution in [1.29, 1.82) is 0 Å². The van der Waals surface area contributed by atoms with E-state index in [2.05, 4.69) is 41.4 Å². The first-order valence-corrected chi connectivity index (χ1v) is 8.78. The number of ether oxygens (including phenoxy) is 2. The topological polar surface area (TPSA) is 58.1 Å². The highest BCUT2D eigenvalue weighted by Gasteiger charge is 2.12. The molecule has 0 aromatic carbocycles. The van der Waals surface area contributed by atoms with Crippen LogP contribution in [0.2, 0.25) is 0 Å². The molecular formula is C17H38N4O2. The number of nitrogens with zero attached hydrogens (tertiary/aromatic N) is 2. The van der Waals surface area contributed by atoms with Gasteiger partial charge in [-0.15, -0.1) is 0 Å². The maximum absolute atomic E-state index is 5.76. The molecule has 0 rings (SSSR count). The summed E-state index contributed by atoms with van der Waals surface area (Å²) in [4.78, 5) is 6.56. The van der Waals surface area contributed by atoms with Crippen molar-refractivity contribution in [3.8, 4) is 0 Å². The number of likely N-dealkylation sites (N-methyl/N-ethyl adjacent to an activating group) is 1. The summed E-state index contributed by atoms with van der Waals surface area (Å²) in [6.45, 7) is 11.8. The largest absolute Gasteiger partial charge is 0.385 e. The quantitative estimate of drug-likeness (QED) is 0.305. The predicted molar refractivity (Wildman–Crippen MR) is 98.2 cm³/mol. The molecule has 0 saturated carbocycles. The van der Waals surface area contributed by atoms with Crippen molar-refractivity contribution >= 4 is 5.96 Å². The summed E-state index contributed by atoms with van der Waals surface area (Å²) in [7, 11) is 5.68. The van der Waals surface area contributed by atoms with Crippen LogP contribution < -0.4 is 10.6 Å². The summed E-state index contributed by atoms with van der Waals surface area (Å²) in [6, 6.07) is 0. The van der Waals surface area contributed by atoms with Gasteiger partial charge in [-0.25, -0.2) is 0 Å². The van der Waals surface area contributed by atoms with E-state index in [0.29, 0.717) is 12.0 Å². The molecule has 0 aromatic rings. The molecule has 6 nitrogen and oxygen atoms in total. The third kappa shape index (κ3) is 12.3. The first kappa shape index (κ1) is 22.1. The van der Waals surface area contributed by atoms with Gasteiger partial charge in [0, 0.05) is 53.6 Å². The van der Waals surface area contributed by atoms with Crippen LogP contribution in [0, 0.1) is 5.92 Å². The second kappa shape index (κ2) is 14.7. The van der Waals surface area contributed by atoms with Crippen molar-refractivity contribution < 1.29 is 9.47 Å². The number of guanidine groups is 1. The first-order chi connectivity index (χ1) is 11.0. The Hall–Kier alpha value is -0.850. The molecule has 0 bridgehead atoms. The Kier molecular flexibility index (Phi) is 14.2. The van der Waals surface area contributed by atoms with Gasteiger partial charge < -0.3 is 25.0 Å². The second-order valence-corrected chi connectivity index (χ2v) is 6.10. The third-order valence-corrected chi connectivity index (χ3v) is 3.74. The lowest BCUT2D eigenvalue weighted by atomic mass is 10.0. The monoisotopic (exact) mass is 330 g/mol. The van der Waals surface area contributed by atoms with Gasteiger partial charge in [0.2, 0.25) is 0 Å². The van der Waals surface area contributed by atoms with E-state index in [1.54, 1.807) is 14.2 Å². The van der Waals surface area contributed by atoms with Crippen LogP contribution in [0.4, 0.5) is 0 Å². The summed E-state index contributed by atoms with van der Waals surface area (Å²) < 4.78 is 10.8. The lowest BCUT2D eigenvalue weighted by Gasteiger charge is -2.22. The number of rotatable bonds is 13. The van der Waals surface area contributed by atoms with E-state index in [9.17, 15) is 0 Å². The van der Waals surface area contributed by atoms with E-state index >= 15 is 0 Å². The lowest BCUT2D eigenvalue weighted by molar-refractivity contribution is 0.0258. The average molecular weight is 331 g/mol. The molecule has 0 aliphatic rings. The van der Waals surface area contributed by atoms with Crippen molar-refractivity contribution in [2.45, 2.75) is 39.7 Å². The van der Waals surface area contributed by atoms with Crippen LogP contribution in [-0.2, 0) is 9.47 Å². The van der Waals surface area contributed by atoms with E-state index in [1.807, 2.05) is 6.92 Å². The maximum atomic E-state index is 5.76. The van der Waals surface area contributed by atoms with Crippen molar-refractivity contribution in [1.82, 2.24) is 15.5 Å². The standard InChI is InChI=1S/C17H38N4O2/c1-7-23-16(15(2)3)9-10-19-17(18-4)20-11-13-21(5)12-8-14-22-6/h15-16H,7-14H2,1-6H3,(H2,18,19,20). The Morgan fingerprint density at radius 2 is 1.87 bits per heavy atom. The smallest absolute Gasteiger partial charge is 0.191 e. The lowest BCUT2D eigenvalue weighted by Crippen LogP contribution is -2.42. The van der Waals surface area contributed by atoms with E-state index in [0.717, 1.165) is 58.2 Å². The van der Waals surface area contributed by atoms with Crippen LogP contribution in [-0.4, -0.2) is 77.6 Å². The van der Waals surface area contributed by atoms with Crippen molar-refractivity contribution in [3.05, 3.63) is 0 Å². The third-order valence-electron chi connectivity index (χ3n) is 3.74. The molecule has 0 saturated heterocycles. The van der Waals surface area contributed by atoms with Crippen LogP contribution >= 0.6 is 0 Å². The van der Waals surface area contributed by atoms with Crippen molar-refractivity contribution in [3.63, 3.8) is 0 Å². The number of aliphatic imine (C=N–C) groups is 1. The van der Waals surface area contributed by atoms with Gasteiger partial charge in [0.05, 0.1) is 6.10 Å². The molecule has 0 spiro atoms. The zero-order chi connectivity index (χ0) is 17.5. The number of methoxy groups -OCH3 is 1. The Morgan fingerprint density at radius 1 is 1.17 bits per heavy atom. The normalized spacial score (nSPS) is 13.7. The maximum Gasteiger partial charge on any atom is 0.191 e. The summed E-state index contributed by atoms with van der Waals surface area (Å²) in [5.74, 6) is 1.39. The Labute approximate surface area is 143 Å². The van der Waals surface area contributed by atoms with E-state index in [1.165, 1.54) is 0 Å². The van der Waals surface area contributed by atoms with Crippen molar-refractivity contribution in [2.75, 3.05) is 60.6 Å². The molecule has 0 aliphatic heterocycles. The summed E-state index contributed by atoms with van der Waals surface area (Å²) in [6.07, 6.45) is 2.36. The van der Waals surface area contributed by atoms with Crippen LogP contribution in [0.3, 0.4) is 0 Å². The van der Waals surface area contributed by atoms with Gasteiger partial charge in [0.25, 0.3) is 0 Å². The molecule has 0 amide bonds. The highest BCUT2D eigenvalue weighted by molar-refractivity contribution is 5.79. The minimum Gasteiger partial charge on any atom is -0.385 e. The average Bonchev–Trinajstić information content (AvgIpc) is 2.52. The zero-order valence-corrected chi connectivity index (χ0v) is 16.0. The molecule has 23 heavy (non-hydrogen) atoms. The number of hydrogen-bond acceptors (Lipinski definition) is 4. The van der Waals surface area contributed by atoms with E-state index in [4.69, 9.17) is 9.47 Å². The predicted octanol–water partition coefficient (Wildman–Crippen LogP) is 1.57. The van der Waals surface area contributed by atoms with Gasteiger partial charge in [0.15, 0.2) is 5.96 Å². The molecule has 1 unspecified atom stereocenters. The SMILES string of the molecule is CCOC(CCNC(=NC)NCCN(C)CCCOC)C(C)C.